The molecule has 2 N–H and O–H groups in total. The molecule has 7 nitrogen and oxygen atoms in total. The van der Waals surface area contributed by atoms with Crippen molar-refractivity contribution in [3.63, 3.8) is 0 Å². The maximum atomic E-state index is 5.49. The molecule has 0 saturated heterocycles. The summed E-state index contributed by atoms with van der Waals surface area (Å²) in [5.74, 6) is 1.18. The Hall–Kier alpha value is -2.15. The van der Waals surface area contributed by atoms with E-state index in [1.54, 1.807) is 12.3 Å². The first-order valence-electron chi connectivity index (χ1n) is 6.75. The van der Waals surface area contributed by atoms with Gasteiger partial charge in [0.05, 0.1) is 25.0 Å². The molecule has 3 rings (SSSR count). The van der Waals surface area contributed by atoms with Crippen molar-refractivity contribution in [1.29, 1.82) is 0 Å². The molecule has 7 heteroatoms. The Morgan fingerprint density at radius 3 is 2.95 bits per heavy atom. The van der Waals surface area contributed by atoms with Gasteiger partial charge >= 0.3 is 6.01 Å². The van der Waals surface area contributed by atoms with E-state index < -0.39 is 0 Å². The standard InChI is InChI=1S/C13H17N5O2/c1-2-19-11-6-5-10(7-15-11)16-13-18-17-12(20-13)8-14-9-3-4-9/h5-7,9,14H,2-4,8H2,1H3,(H,16,18). The molecule has 1 saturated carbocycles. The number of rotatable bonds is 7. The molecule has 1 fully saturated rings. The van der Waals surface area contributed by atoms with Gasteiger partial charge in [-0.05, 0) is 25.8 Å². The second-order valence-electron chi connectivity index (χ2n) is 4.60. The van der Waals surface area contributed by atoms with Crippen LogP contribution in [0.15, 0.2) is 22.7 Å². The van der Waals surface area contributed by atoms with Gasteiger partial charge in [0.15, 0.2) is 0 Å². The Morgan fingerprint density at radius 1 is 1.35 bits per heavy atom. The molecule has 20 heavy (non-hydrogen) atoms. The minimum atomic E-state index is 0.364. The lowest BCUT2D eigenvalue weighted by Gasteiger charge is -2.03. The fourth-order valence-corrected chi connectivity index (χ4v) is 1.71. The molecule has 2 heterocycles. The van der Waals surface area contributed by atoms with E-state index in [2.05, 4.69) is 25.8 Å². The highest BCUT2D eigenvalue weighted by Gasteiger charge is 2.21. The quantitative estimate of drug-likeness (QED) is 0.797. The fourth-order valence-electron chi connectivity index (χ4n) is 1.71. The molecule has 0 amide bonds. The molecule has 2 aromatic heterocycles. The zero-order valence-electron chi connectivity index (χ0n) is 11.3. The number of hydrogen-bond acceptors (Lipinski definition) is 7. The van der Waals surface area contributed by atoms with Crippen LogP contribution in [-0.2, 0) is 6.54 Å². The van der Waals surface area contributed by atoms with Crippen LogP contribution in [0.1, 0.15) is 25.7 Å². The van der Waals surface area contributed by atoms with E-state index in [4.69, 9.17) is 9.15 Å². The molecule has 1 aliphatic rings. The first-order chi connectivity index (χ1) is 9.83. The van der Waals surface area contributed by atoms with Crippen LogP contribution < -0.4 is 15.4 Å². The smallest absolute Gasteiger partial charge is 0.320 e. The van der Waals surface area contributed by atoms with Crippen molar-refractivity contribution < 1.29 is 9.15 Å². The van der Waals surface area contributed by atoms with E-state index in [-0.39, 0.29) is 0 Å². The van der Waals surface area contributed by atoms with Gasteiger partial charge in [-0.3, -0.25) is 0 Å². The molecular weight excluding hydrogens is 258 g/mol. The van der Waals surface area contributed by atoms with Gasteiger partial charge in [0.25, 0.3) is 0 Å². The highest BCUT2D eigenvalue weighted by atomic mass is 16.5. The Labute approximate surface area is 116 Å². The number of pyridine rings is 1. The normalized spacial score (nSPS) is 14.2. The molecule has 0 radical (unpaired) electrons. The summed E-state index contributed by atoms with van der Waals surface area (Å²) in [6, 6.07) is 4.62. The van der Waals surface area contributed by atoms with Gasteiger partial charge in [-0.15, -0.1) is 5.10 Å². The van der Waals surface area contributed by atoms with Gasteiger partial charge < -0.3 is 19.8 Å². The zero-order chi connectivity index (χ0) is 13.8. The third-order valence-corrected chi connectivity index (χ3v) is 2.87. The average molecular weight is 275 g/mol. The van der Waals surface area contributed by atoms with E-state index in [1.807, 2.05) is 13.0 Å². The van der Waals surface area contributed by atoms with Crippen LogP contribution in [0.3, 0.4) is 0 Å². The van der Waals surface area contributed by atoms with E-state index in [0.29, 0.717) is 37.0 Å². The number of anilines is 2. The third kappa shape index (κ3) is 3.45. The van der Waals surface area contributed by atoms with Crippen molar-refractivity contribution in [3.8, 4) is 5.88 Å². The van der Waals surface area contributed by atoms with Crippen LogP contribution in [-0.4, -0.2) is 27.8 Å². The monoisotopic (exact) mass is 275 g/mol. The van der Waals surface area contributed by atoms with Crippen molar-refractivity contribution in [2.75, 3.05) is 11.9 Å². The van der Waals surface area contributed by atoms with Crippen molar-refractivity contribution in [1.82, 2.24) is 20.5 Å². The van der Waals surface area contributed by atoms with Crippen molar-refractivity contribution in [2.45, 2.75) is 32.4 Å². The van der Waals surface area contributed by atoms with Crippen LogP contribution in [0, 0.1) is 0 Å². The molecule has 1 aliphatic carbocycles. The molecular formula is C13H17N5O2. The molecule has 0 spiro atoms. The summed E-state index contributed by atoms with van der Waals surface area (Å²) in [4.78, 5) is 4.15. The van der Waals surface area contributed by atoms with E-state index in [0.717, 1.165) is 5.69 Å². The largest absolute Gasteiger partial charge is 0.478 e. The average Bonchev–Trinajstić information content (AvgIpc) is 3.19. The van der Waals surface area contributed by atoms with Gasteiger partial charge in [-0.2, -0.15) is 0 Å². The molecule has 0 bridgehead atoms. The lowest BCUT2D eigenvalue weighted by molar-refractivity contribution is 0.327. The van der Waals surface area contributed by atoms with Gasteiger partial charge in [0.2, 0.25) is 11.8 Å². The van der Waals surface area contributed by atoms with E-state index >= 15 is 0 Å². The van der Waals surface area contributed by atoms with Crippen LogP contribution >= 0.6 is 0 Å². The Morgan fingerprint density at radius 2 is 2.25 bits per heavy atom. The minimum Gasteiger partial charge on any atom is -0.478 e. The van der Waals surface area contributed by atoms with Crippen LogP contribution in [0.25, 0.3) is 0 Å². The van der Waals surface area contributed by atoms with Crippen LogP contribution in [0.5, 0.6) is 5.88 Å². The summed E-state index contributed by atoms with van der Waals surface area (Å²) >= 11 is 0. The van der Waals surface area contributed by atoms with Crippen molar-refractivity contribution >= 4 is 11.7 Å². The van der Waals surface area contributed by atoms with Gasteiger partial charge in [0.1, 0.15) is 0 Å². The van der Waals surface area contributed by atoms with Crippen LogP contribution in [0.2, 0.25) is 0 Å². The second kappa shape index (κ2) is 5.87. The maximum absolute atomic E-state index is 5.49. The Balaban J connectivity index is 1.56. The number of nitrogens with one attached hydrogen (secondary N) is 2. The molecule has 106 valence electrons. The highest BCUT2D eigenvalue weighted by Crippen LogP contribution is 2.20. The van der Waals surface area contributed by atoms with Crippen molar-refractivity contribution in [3.05, 3.63) is 24.2 Å². The summed E-state index contributed by atoms with van der Waals surface area (Å²) in [6.45, 7) is 3.13. The zero-order valence-corrected chi connectivity index (χ0v) is 11.3. The molecule has 0 unspecified atom stereocenters. The lowest BCUT2D eigenvalue weighted by atomic mass is 10.4. The summed E-state index contributed by atoms with van der Waals surface area (Å²) in [7, 11) is 0. The summed E-state index contributed by atoms with van der Waals surface area (Å²) in [6.07, 6.45) is 4.13. The van der Waals surface area contributed by atoms with E-state index in [9.17, 15) is 0 Å². The summed E-state index contributed by atoms with van der Waals surface area (Å²) in [5, 5.41) is 14.2. The van der Waals surface area contributed by atoms with Gasteiger partial charge in [-0.25, -0.2) is 4.98 Å². The van der Waals surface area contributed by atoms with E-state index in [1.165, 1.54) is 12.8 Å². The SMILES string of the molecule is CCOc1ccc(Nc2nnc(CNC3CC3)o2)cn1. The van der Waals surface area contributed by atoms with Gasteiger partial charge in [0, 0.05) is 12.1 Å². The molecule has 0 aliphatic heterocycles. The minimum absolute atomic E-state index is 0.364. The first-order valence-corrected chi connectivity index (χ1v) is 6.75. The third-order valence-electron chi connectivity index (χ3n) is 2.87. The summed E-state index contributed by atoms with van der Waals surface area (Å²) < 4.78 is 10.8. The maximum Gasteiger partial charge on any atom is 0.320 e. The highest BCUT2D eigenvalue weighted by molar-refractivity contribution is 5.50. The Bertz CT molecular complexity index is 550. The number of nitrogens with zero attached hydrogens (tertiary/aromatic N) is 3. The van der Waals surface area contributed by atoms with Gasteiger partial charge in [-0.1, -0.05) is 5.10 Å². The lowest BCUT2D eigenvalue weighted by Crippen LogP contribution is -2.15. The van der Waals surface area contributed by atoms with Crippen LogP contribution in [0.4, 0.5) is 11.7 Å². The number of ether oxygens (including phenoxy) is 1. The fraction of sp³-hybridized carbons (Fsp3) is 0.462. The van der Waals surface area contributed by atoms with Crippen molar-refractivity contribution in [2.24, 2.45) is 0 Å². The molecule has 0 atom stereocenters. The molecule has 2 aromatic rings. The predicted molar refractivity (Wildman–Crippen MR) is 72.8 cm³/mol. The first kappa shape index (κ1) is 12.9. The number of hydrogen-bond donors (Lipinski definition) is 2. The summed E-state index contributed by atoms with van der Waals surface area (Å²) in [5.41, 5.74) is 0.777. The Kier molecular flexibility index (Phi) is 3.78. The topological polar surface area (TPSA) is 85.1 Å². The number of aromatic nitrogens is 3. The molecule has 0 aromatic carbocycles. The predicted octanol–water partition coefficient (Wildman–Crippen LogP) is 1.86. The second-order valence-corrected chi connectivity index (χ2v) is 4.60.